The van der Waals surface area contributed by atoms with Crippen LogP contribution in [-0.4, -0.2) is 28.9 Å². The first-order valence-electron chi connectivity index (χ1n) is 4.58. The fourth-order valence-corrected chi connectivity index (χ4v) is 1.27. The van der Waals surface area contributed by atoms with Crippen LogP contribution in [0, 0.1) is 0 Å². The van der Waals surface area contributed by atoms with E-state index in [-0.39, 0.29) is 31.0 Å². The summed E-state index contributed by atoms with van der Waals surface area (Å²) >= 11 is 0. The van der Waals surface area contributed by atoms with E-state index < -0.39 is 42.5 Å². The second-order valence-electron chi connectivity index (χ2n) is 2.92. The quantitative estimate of drug-likeness (QED) is 0.128. The smallest absolute Gasteiger partial charge is 1.00 e. The van der Waals surface area contributed by atoms with E-state index in [9.17, 15) is 26.4 Å². The zero-order valence-corrected chi connectivity index (χ0v) is 15.1. The van der Waals surface area contributed by atoms with Crippen LogP contribution in [0.1, 0.15) is 1.43 Å². The van der Waals surface area contributed by atoms with Gasteiger partial charge in [-0.15, -0.1) is 8.57 Å². The average molecular weight is 386 g/mol. The van der Waals surface area contributed by atoms with Gasteiger partial charge in [0.25, 0.3) is 10.2 Å². The molecular weight excluding hydrogens is 375 g/mol. The van der Waals surface area contributed by atoms with E-state index in [1.54, 1.807) is 0 Å². The first-order chi connectivity index (χ1) is 9.88. The van der Waals surface area contributed by atoms with Gasteiger partial charge in [-0.3, -0.25) is 9.78 Å². The third kappa shape index (κ3) is 9.23. The molecule has 0 rings (SSSR count). The first kappa shape index (κ1) is 23.7. The van der Waals surface area contributed by atoms with Crippen molar-refractivity contribution in [3.8, 4) is 0 Å². The van der Waals surface area contributed by atoms with Crippen LogP contribution in [0.15, 0.2) is 23.3 Å². The maximum atomic E-state index is 11.2. The average Bonchev–Trinajstić information content (AvgIpc) is 2.39. The number of rotatable bonds is 9. The molecule has 0 aliphatic carbocycles. The van der Waals surface area contributed by atoms with Gasteiger partial charge in [0, 0.05) is 0 Å². The molecule has 6 N–H and O–H groups in total. The number of hydrogen-bond donors (Lipinski definition) is 4. The van der Waals surface area contributed by atoms with E-state index in [0.29, 0.717) is 0 Å². The van der Waals surface area contributed by atoms with Crippen LogP contribution in [0.25, 0.3) is 0 Å². The molecule has 0 saturated carbocycles. The maximum Gasteiger partial charge on any atom is 1.00 e. The van der Waals surface area contributed by atoms with Crippen molar-refractivity contribution in [2.24, 2.45) is 11.5 Å². The van der Waals surface area contributed by atoms with Crippen molar-refractivity contribution in [1.29, 1.82) is 0 Å². The van der Waals surface area contributed by atoms with Crippen LogP contribution in [0.3, 0.4) is 0 Å². The third-order valence-electron chi connectivity index (χ3n) is 1.29. The van der Waals surface area contributed by atoms with E-state index in [4.69, 9.17) is 0 Å². The van der Waals surface area contributed by atoms with Crippen LogP contribution >= 0.6 is 0 Å². The Balaban J connectivity index is -0.00000220. The molecule has 0 saturated heterocycles. The minimum absolute atomic E-state index is 0. The number of nitrogens with two attached hydrogens (primary N) is 2. The molecule has 0 atom stereocenters. The van der Waals surface area contributed by atoms with Gasteiger partial charge in [-0.2, -0.15) is 27.8 Å². The van der Waals surface area contributed by atoms with Crippen molar-refractivity contribution >= 4 is 32.3 Å². The Morgan fingerprint density at radius 3 is 1.30 bits per heavy atom. The Morgan fingerprint density at radius 2 is 1.09 bits per heavy atom. The van der Waals surface area contributed by atoms with Gasteiger partial charge >= 0.3 is 61.9 Å². The molecule has 128 valence electrons. The van der Waals surface area contributed by atoms with Gasteiger partial charge < -0.3 is 12.9 Å². The fraction of sp³-hybridized carbons (Fsp3) is 0. The zero-order chi connectivity index (χ0) is 17.6. The van der Waals surface area contributed by atoms with Crippen molar-refractivity contribution in [2.45, 2.75) is 0 Å². The van der Waals surface area contributed by atoms with Crippen LogP contribution in [0.4, 0.5) is 9.59 Å². The molecule has 23 heavy (non-hydrogen) atoms. The second-order valence-corrected chi connectivity index (χ2v) is 5.98. The molecule has 0 aromatic rings. The Morgan fingerprint density at radius 1 is 0.826 bits per heavy atom. The molecule has 0 unspecified atom stereocenters. The summed E-state index contributed by atoms with van der Waals surface area (Å²) in [4.78, 5) is 28.5. The Bertz CT molecular complexity index is 632. The monoisotopic (exact) mass is 386 g/mol. The summed E-state index contributed by atoms with van der Waals surface area (Å²) < 4.78 is 52.5. The number of hydroxylamine groups is 2. The molecule has 0 fully saturated rings. The van der Waals surface area contributed by atoms with Crippen LogP contribution < -0.4 is 52.0 Å². The summed E-state index contributed by atoms with van der Waals surface area (Å²) in [6.07, 6.45) is 0. The van der Waals surface area contributed by atoms with Crippen molar-refractivity contribution in [1.82, 2.24) is 11.0 Å². The van der Waals surface area contributed by atoms with Gasteiger partial charge in [0.05, 0.1) is 0 Å². The molecule has 17 heteroatoms. The number of nitrogens with one attached hydrogen (secondary N) is 2. The summed E-state index contributed by atoms with van der Waals surface area (Å²) in [6.45, 7) is 5.63. The van der Waals surface area contributed by atoms with Crippen molar-refractivity contribution < 1.29 is 75.8 Å². The zero-order valence-electron chi connectivity index (χ0n) is 12.5. The normalized spacial score (nSPS) is 10.6. The van der Waals surface area contributed by atoms with E-state index in [2.05, 4.69) is 43.0 Å². The van der Waals surface area contributed by atoms with Gasteiger partial charge in [-0.1, -0.05) is 0 Å². The second kappa shape index (κ2) is 9.55. The molecule has 0 aromatic heterocycles. The number of amides is 4. The number of carbonyl (C=O) groups excluding carboxylic acids is 2. The number of primary amides is 2. The molecule has 0 spiro atoms. The van der Waals surface area contributed by atoms with Crippen LogP contribution in [0.2, 0.25) is 0 Å². The van der Waals surface area contributed by atoms with Crippen molar-refractivity contribution in [3.05, 3.63) is 23.3 Å². The molecule has 14 nitrogen and oxygen atoms in total. The predicted molar refractivity (Wildman–Crippen MR) is 67.0 cm³/mol. The largest absolute Gasteiger partial charge is 1.00 e. The third-order valence-corrected chi connectivity index (χ3v) is 3.15. The van der Waals surface area contributed by atoms with Crippen LogP contribution in [-0.2, 0) is 38.6 Å². The molecule has 0 heterocycles. The topological polar surface area (TPSA) is 215 Å². The standard InChI is InChI=1S/C6H10N4O10S2.Na.H/c1-3(21(13,14)19-9-5(7)11)17-18-4(2)22(15,16)20-10-6(8)12;;/h1-2H2,(H3,7,9,11)(H3,8,10,12);;/q;+1;-1. The number of urea groups is 2. The molecule has 4 amide bonds. The minimum atomic E-state index is -4.74. The maximum absolute atomic E-state index is 11.2. The Hall–Kier alpha value is -1.56. The van der Waals surface area contributed by atoms with Gasteiger partial charge in [-0.25, -0.2) is 9.59 Å². The number of hydrogen-bond acceptors (Lipinski definition) is 10. The Kier molecular flexibility index (Phi) is 9.84. The summed E-state index contributed by atoms with van der Waals surface area (Å²) in [5.74, 6) is 0. The predicted octanol–water partition coefficient (Wildman–Crippen LogP) is -5.15. The van der Waals surface area contributed by atoms with E-state index >= 15 is 0 Å². The Labute approximate surface area is 153 Å². The van der Waals surface area contributed by atoms with E-state index in [1.165, 1.54) is 11.0 Å². The molecule has 0 aliphatic heterocycles. The SMILES string of the molecule is C=C(OOC(=C)S(=O)(=O)ONC(N)=O)S(=O)(=O)ONC(N)=O.[H-].[Na+]. The van der Waals surface area contributed by atoms with Crippen LogP contribution in [0.5, 0.6) is 0 Å². The summed E-state index contributed by atoms with van der Waals surface area (Å²) in [7, 11) is -9.48. The van der Waals surface area contributed by atoms with Crippen molar-refractivity contribution in [2.75, 3.05) is 0 Å². The molecular formula is C6H11N4NaO10S2. The molecule has 0 bridgehead atoms. The summed E-state index contributed by atoms with van der Waals surface area (Å²) in [6, 6.07) is -2.70. The van der Waals surface area contributed by atoms with E-state index in [1.807, 2.05) is 0 Å². The van der Waals surface area contributed by atoms with E-state index in [0.717, 1.165) is 0 Å². The first-order valence-corrected chi connectivity index (χ1v) is 7.40. The molecule has 0 radical (unpaired) electrons. The van der Waals surface area contributed by atoms with Gasteiger partial charge in [0.15, 0.2) is 0 Å². The minimum Gasteiger partial charge on any atom is -1.00 e. The van der Waals surface area contributed by atoms with Gasteiger partial charge in [-0.05, 0) is 13.2 Å². The number of carbonyl (C=O) groups is 2. The molecule has 0 aromatic carbocycles. The van der Waals surface area contributed by atoms with Crippen molar-refractivity contribution in [3.63, 3.8) is 0 Å². The summed E-state index contributed by atoms with van der Waals surface area (Å²) in [5.41, 5.74) is 11.6. The fourth-order valence-electron chi connectivity index (χ4n) is 0.461. The molecule has 0 aliphatic rings. The summed E-state index contributed by atoms with van der Waals surface area (Å²) in [5, 5.41) is -2.55. The van der Waals surface area contributed by atoms with Gasteiger partial charge in [0.2, 0.25) is 0 Å². The van der Waals surface area contributed by atoms with Gasteiger partial charge in [0.1, 0.15) is 0 Å².